The molecule has 12 heteroatoms. The number of fused-ring (bicyclic) bond motifs is 1. The molecule has 5 rings (SSSR count). The van der Waals surface area contributed by atoms with Gasteiger partial charge in [-0.25, -0.2) is 24.1 Å². The molecule has 0 spiro atoms. The first-order valence-corrected chi connectivity index (χ1v) is 10.8. The highest BCUT2D eigenvalue weighted by molar-refractivity contribution is 7.12. The lowest BCUT2D eigenvalue weighted by molar-refractivity contribution is -0.123. The predicted octanol–water partition coefficient (Wildman–Crippen LogP) is 2.22. The highest BCUT2D eigenvalue weighted by Gasteiger charge is 2.35. The third-order valence-corrected chi connectivity index (χ3v) is 6.17. The van der Waals surface area contributed by atoms with Crippen molar-refractivity contribution >= 4 is 39.9 Å². The molecule has 4 aromatic heterocycles. The monoisotopic (exact) mass is 469 g/mol. The molecular formula is C21H16FN5O5S. The number of thiazole rings is 1. The minimum Gasteiger partial charge on any atom is -0.477 e. The summed E-state index contributed by atoms with van der Waals surface area (Å²) in [6.45, 7) is 2.25. The Morgan fingerprint density at radius 3 is 2.76 bits per heavy atom. The van der Waals surface area contributed by atoms with Gasteiger partial charge in [-0.2, -0.15) is 0 Å². The van der Waals surface area contributed by atoms with Crippen molar-refractivity contribution in [1.82, 2.24) is 19.5 Å². The fraction of sp³-hybridized carbons (Fsp3) is 0.238. The highest BCUT2D eigenvalue weighted by Crippen LogP contribution is 2.29. The summed E-state index contributed by atoms with van der Waals surface area (Å²) in [5.41, 5.74) is -1.26. The van der Waals surface area contributed by atoms with E-state index in [4.69, 9.17) is 4.42 Å². The van der Waals surface area contributed by atoms with E-state index in [0.717, 1.165) is 12.3 Å². The number of pyridine rings is 2. The Balaban J connectivity index is 1.48. The van der Waals surface area contributed by atoms with Gasteiger partial charge in [0.15, 0.2) is 22.4 Å². The number of Topliss-reactive ketones (excluding diaryl/α,β-unsaturated/α-hetero) is 1. The molecule has 1 aliphatic heterocycles. The second-order valence-electron chi connectivity index (χ2n) is 7.64. The lowest BCUT2D eigenvalue weighted by atomic mass is 9.93. The SMILES string of the molecule is Cc1cnc(CC(=O)C2CN(c3nc4c(cc3F)c(=O)c(C(=O)O)cn4-c3nccs3)C2)o1. The van der Waals surface area contributed by atoms with Gasteiger partial charge >= 0.3 is 5.97 Å². The second kappa shape index (κ2) is 7.89. The lowest BCUT2D eigenvalue weighted by Gasteiger charge is -2.39. The number of carbonyl (C=O) groups is 2. The van der Waals surface area contributed by atoms with Crippen LogP contribution in [0.4, 0.5) is 10.2 Å². The second-order valence-corrected chi connectivity index (χ2v) is 8.51. The van der Waals surface area contributed by atoms with Crippen LogP contribution in [0.15, 0.2) is 39.2 Å². The first-order chi connectivity index (χ1) is 15.8. The molecule has 168 valence electrons. The van der Waals surface area contributed by atoms with Crippen molar-refractivity contribution < 1.29 is 23.5 Å². The molecule has 33 heavy (non-hydrogen) atoms. The predicted molar refractivity (Wildman–Crippen MR) is 116 cm³/mol. The van der Waals surface area contributed by atoms with Crippen LogP contribution in [0, 0.1) is 18.7 Å². The molecule has 0 radical (unpaired) electrons. The van der Waals surface area contributed by atoms with Crippen LogP contribution in [-0.2, 0) is 11.2 Å². The van der Waals surface area contributed by atoms with Crippen LogP contribution in [0.2, 0.25) is 0 Å². The van der Waals surface area contributed by atoms with E-state index in [1.54, 1.807) is 23.4 Å². The van der Waals surface area contributed by atoms with Crippen LogP contribution in [0.25, 0.3) is 16.2 Å². The molecule has 1 saturated heterocycles. The van der Waals surface area contributed by atoms with Crippen molar-refractivity contribution in [2.75, 3.05) is 18.0 Å². The standard InChI is InChI=1S/C21H16FN5O5S/c1-10-6-24-16(32-10)5-15(28)11-7-26(8-11)19-14(22)4-12-17(29)13(20(30)31)9-27(18(12)25-19)21-23-2-3-33-21/h2-4,6,9,11H,5,7-8H2,1H3,(H,30,31). The summed E-state index contributed by atoms with van der Waals surface area (Å²) in [6, 6.07) is 0.987. The zero-order valence-electron chi connectivity index (χ0n) is 17.2. The maximum atomic E-state index is 14.9. The van der Waals surface area contributed by atoms with Crippen LogP contribution in [0.1, 0.15) is 22.0 Å². The summed E-state index contributed by atoms with van der Waals surface area (Å²) in [5, 5.41) is 11.3. The summed E-state index contributed by atoms with van der Waals surface area (Å²) >= 11 is 1.21. The molecule has 0 unspecified atom stereocenters. The van der Waals surface area contributed by atoms with Crippen molar-refractivity contribution in [3.05, 3.63) is 63.3 Å². The normalized spacial score (nSPS) is 13.9. The van der Waals surface area contributed by atoms with Crippen molar-refractivity contribution in [2.24, 2.45) is 5.92 Å². The van der Waals surface area contributed by atoms with Crippen LogP contribution < -0.4 is 10.3 Å². The fourth-order valence-electron chi connectivity index (χ4n) is 3.70. The van der Waals surface area contributed by atoms with Gasteiger partial charge in [-0.3, -0.25) is 14.2 Å². The van der Waals surface area contributed by atoms with Gasteiger partial charge in [0, 0.05) is 30.9 Å². The number of hydrogen-bond acceptors (Lipinski definition) is 9. The molecule has 0 bridgehead atoms. The number of halogens is 1. The van der Waals surface area contributed by atoms with Crippen molar-refractivity contribution in [2.45, 2.75) is 13.3 Å². The van der Waals surface area contributed by atoms with E-state index >= 15 is 0 Å². The lowest BCUT2D eigenvalue weighted by Crippen LogP contribution is -2.51. The average Bonchev–Trinajstić information content (AvgIpc) is 3.40. The molecule has 0 saturated carbocycles. The van der Waals surface area contributed by atoms with E-state index in [9.17, 15) is 23.9 Å². The Morgan fingerprint density at radius 1 is 1.33 bits per heavy atom. The number of carbonyl (C=O) groups excluding carboxylic acids is 1. The first-order valence-electron chi connectivity index (χ1n) is 9.90. The topological polar surface area (TPSA) is 131 Å². The van der Waals surface area contributed by atoms with Gasteiger partial charge in [-0.15, -0.1) is 11.3 Å². The van der Waals surface area contributed by atoms with Gasteiger partial charge in [0.2, 0.25) is 11.3 Å². The number of anilines is 1. The van der Waals surface area contributed by atoms with Crippen LogP contribution in [-0.4, -0.2) is 49.5 Å². The molecule has 0 aromatic carbocycles. The van der Waals surface area contributed by atoms with Crippen molar-refractivity contribution in [1.29, 1.82) is 0 Å². The molecule has 0 aliphatic carbocycles. The minimum atomic E-state index is -1.43. The molecule has 1 fully saturated rings. The Kier molecular flexibility index (Phi) is 5.01. The number of rotatable bonds is 6. The zero-order chi connectivity index (χ0) is 23.3. The molecule has 4 aromatic rings. The summed E-state index contributed by atoms with van der Waals surface area (Å²) < 4.78 is 21.6. The Bertz CT molecular complexity index is 1460. The highest BCUT2D eigenvalue weighted by atomic mass is 32.1. The molecule has 5 heterocycles. The number of aryl methyl sites for hydroxylation is 1. The largest absolute Gasteiger partial charge is 0.477 e. The molecular weight excluding hydrogens is 453 g/mol. The van der Waals surface area contributed by atoms with E-state index in [0.29, 0.717) is 16.8 Å². The number of aromatic carboxylic acids is 1. The maximum Gasteiger partial charge on any atom is 0.341 e. The number of carboxylic acids is 1. The average molecular weight is 469 g/mol. The number of aromatic nitrogens is 4. The van der Waals surface area contributed by atoms with Crippen LogP contribution in [0.3, 0.4) is 0 Å². The number of oxazole rings is 1. The van der Waals surface area contributed by atoms with Gasteiger partial charge in [-0.05, 0) is 13.0 Å². The smallest absolute Gasteiger partial charge is 0.341 e. The third-order valence-electron chi connectivity index (χ3n) is 5.40. The fourth-order valence-corrected chi connectivity index (χ4v) is 4.32. The van der Waals surface area contributed by atoms with E-state index < -0.39 is 22.8 Å². The maximum absolute atomic E-state index is 14.9. The summed E-state index contributed by atoms with van der Waals surface area (Å²) in [6.07, 6.45) is 4.26. The van der Waals surface area contributed by atoms with E-state index in [2.05, 4.69) is 15.0 Å². The molecule has 0 atom stereocenters. The van der Waals surface area contributed by atoms with E-state index in [-0.39, 0.29) is 48.1 Å². The van der Waals surface area contributed by atoms with Gasteiger partial charge in [0.25, 0.3) is 0 Å². The molecule has 10 nitrogen and oxygen atoms in total. The zero-order valence-corrected chi connectivity index (χ0v) is 18.0. The Labute approximate surface area is 189 Å². The first kappa shape index (κ1) is 20.9. The van der Waals surface area contributed by atoms with Gasteiger partial charge in [-0.1, -0.05) is 0 Å². The molecule has 0 amide bonds. The number of nitrogens with zero attached hydrogens (tertiary/aromatic N) is 5. The van der Waals surface area contributed by atoms with Crippen molar-refractivity contribution in [3.63, 3.8) is 0 Å². The summed E-state index contributed by atoms with van der Waals surface area (Å²) in [5.74, 6) is -1.67. The number of hydrogen-bond donors (Lipinski definition) is 1. The van der Waals surface area contributed by atoms with E-state index in [1.165, 1.54) is 22.1 Å². The molecule has 1 N–H and O–H groups in total. The number of carboxylic acid groups (broad SMARTS) is 1. The number of ketones is 1. The Morgan fingerprint density at radius 2 is 2.12 bits per heavy atom. The van der Waals surface area contributed by atoms with Gasteiger partial charge in [0.1, 0.15) is 17.1 Å². The summed E-state index contributed by atoms with van der Waals surface area (Å²) in [4.78, 5) is 50.8. The molecule has 1 aliphatic rings. The van der Waals surface area contributed by atoms with Crippen molar-refractivity contribution in [3.8, 4) is 5.13 Å². The van der Waals surface area contributed by atoms with Crippen LogP contribution in [0.5, 0.6) is 0 Å². The summed E-state index contributed by atoms with van der Waals surface area (Å²) in [7, 11) is 0. The van der Waals surface area contributed by atoms with Gasteiger partial charge in [0.05, 0.1) is 23.9 Å². The van der Waals surface area contributed by atoms with Gasteiger partial charge < -0.3 is 14.4 Å². The van der Waals surface area contributed by atoms with E-state index in [1.807, 2.05) is 0 Å². The third kappa shape index (κ3) is 3.67. The van der Waals surface area contributed by atoms with Crippen LogP contribution >= 0.6 is 11.3 Å². The minimum absolute atomic E-state index is 0.0219. The Hall–Kier alpha value is -3.93. The quantitative estimate of drug-likeness (QED) is 0.451.